The van der Waals surface area contributed by atoms with Crippen molar-refractivity contribution in [2.45, 2.75) is 52.5 Å². The van der Waals surface area contributed by atoms with Crippen LogP contribution in [-0.4, -0.2) is 26.4 Å². The van der Waals surface area contributed by atoms with Crippen LogP contribution in [0.5, 0.6) is 5.75 Å². The molecule has 120 valence electrons. The van der Waals surface area contributed by atoms with E-state index in [1.54, 1.807) is 0 Å². The third-order valence-corrected chi connectivity index (χ3v) is 3.32. The van der Waals surface area contributed by atoms with Gasteiger partial charge in [-0.2, -0.15) is 0 Å². The molecule has 0 unspecified atom stereocenters. The minimum Gasteiger partial charge on any atom is -0.491 e. The first-order valence-corrected chi connectivity index (χ1v) is 8.37. The zero-order chi connectivity index (χ0) is 15.2. The van der Waals surface area contributed by atoms with Crippen molar-refractivity contribution in [2.24, 2.45) is 0 Å². The SMILES string of the molecule is CCCCCCOCCOc1ccc(CNCCC)cc1. The normalized spacial score (nSPS) is 10.8. The van der Waals surface area contributed by atoms with Gasteiger partial charge in [-0.3, -0.25) is 0 Å². The Labute approximate surface area is 130 Å². The van der Waals surface area contributed by atoms with Gasteiger partial charge in [0.15, 0.2) is 0 Å². The zero-order valence-corrected chi connectivity index (χ0v) is 13.7. The molecule has 3 heteroatoms. The second-order valence-corrected chi connectivity index (χ2v) is 5.34. The summed E-state index contributed by atoms with van der Waals surface area (Å²) >= 11 is 0. The molecule has 0 aliphatic rings. The van der Waals surface area contributed by atoms with E-state index in [4.69, 9.17) is 9.47 Å². The maximum Gasteiger partial charge on any atom is 0.119 e. The van der Waals surface area contributed by atoms with Crippen molar-refractivity contribution in [1.82, 2.24) is 5.32 Å². The Morgan fingerprint density at radius 2 is 1.67 bits per heavy atom. The van der Waals surface area contributed by atoms with E-state index in [1.165, 1.54) is 31.2 Å². The molecule has 0 bridgehead atoms. The first-order chi connectivity index (χ1) is 10.4. The summed E-state index contributed by atoms with van der Waals surface area (Å²) in [4.78, 5) is 0. The van der Waals surface area contributed by atoms with Crippen molar-refractivity contribution in [3.05, 3.63) is 29.8 Å². The Hall–Kier alpha value is -1.06. The van der Waals surface area contributed by atoms with E-state index in [0.717, 1.165) is 31.9 Å². The van der Waals surface area contributed by atoms with Gasteiger partial charge in [0, 0.05) is 13.2 Å². The summed E-state index contributed by atoms with van der Waals surface area (Å²) in [6.45, 7) is 8.54. The topological polar surface area (TPSA) is 30.5 Å². The highest BCUT2D eigenvalue weighted by Crippen LogP contribution is 2.12. The number of unbranched alkanes of at least 4 members (excludes halogenated alkanes) is 3. The minimum absolute atomic E-state index is 0.626. The fourth-order valence-electron chi connectivity index (χ4n) is 2.06. The first kappa shape index (κ1) is 18.0. The van der Waals surface area contributed by atoms with Crippen molar-refractivity contribution in [3.63, 3.8) is 0 Å². The average Bonchev–Trinajstić information content (AvgIpc) is 2.52. The van der Waals surface area contributed by atoms with E-state index in [9.17, 15) is 0 Å². The van der Waals surface area contributed by atoms with Gasteiger partial charge in [-0.15, -0.1) is 0 Å². The monoisotopic (exact) mass is 293 g/mol. The smallest absolute Gasteiger partial charge is 0.119 e. The molecule has 1 rings (SSSR count). The van der Waals surface area contributed by atoms with E-state index < -0.39 is 0 Å². The standard InChI is InChI=1S/C18H31NO2/c1-3-5-6-7-13-20-14-15-21-18-10-8-17(9-11-18)16-19-12-4-2/h8-11,19H,3-7,12-16H2,1-2H3. The molecule has 21 heavy (non-hydrogen) atoms. The first-order valence-electron chi connectivity index (χ1n) is 8.37. The molecular weight excluding hydrogens is 262 g/mol. The summed E-state index contributed by atoms with van der Waals surface area (Å²) in [5.74, 6) is 0.920. The Morgan fingerprint density at radius 1 is 0.857 bits per heavy atom. The van der Waals surface area contributed by atoms with Crippen molar-refractivity contribution in [1.29, 1.82) is 0 Å². The molecule has 0 aliphatic carbocycles. The molecule has 3 nitrogen and oxygen atoms in total. The number of benzene rings is 1. The lowest BCUT2D eigenvalue weighted by molar-refractivity contribution is 0.0971. The van der Waals surface area contributed by atoms with Crippen LogP contribution in [0.25, 0.3) is 0 Å². The summed E-state index contributed by atoms with van der Waals surface area (Å²) in [7, 11) is 0. The fourth-order valence-corrected chi connectivity index (χ4v) is 2.06. The highest BCUT2D eigenvalue weighted by molar-refractivity contribution is 5.27. The van der Waals surface area contributed by atoms with Crippen molar-refractivity contribution >= 4 is 0 Å². The number of hydrogen-bond acceptors (Lipinski definition) is 3. The number of rotatable bonds is 13. The van der Waals surface area contributed by atoms with Gasteiger partial charge >= 0.3 is 0 Å². The summed E-state index contributed by atoms with van der Waals surface area (Å²) in [5, 5.41) is 3.39. The molecule has 0 amide bonds. The van der Waals surface area contributed by atoms with Crippen molar-refractivity contribution in [2.75, 3.05) is 26.4 Å². The molecule has 0 fully saturated rings. The van der Waals surface area contributed by atoms with Crippen LogP contribution in [0, 0.1) is 0 Å². The van der Waals surface area contributed by atoms with Crippen LogP contribution in [0.1, 0.15) is 51.5 Å². The van der Waals surface area contributed by atoms with E-state index in [0.29, 0.717) is 13.2 Å². The van der Waals surface area contributed by atoms with Gasteiger partial charge in [0.1, 0.15) is 12.4 Å². The van der Waals surface area contributed by atoms with Gasteiger partial charge in [-0.1, -0.05) is 45.2 Å². The third kappa shape index (κ3) is 9.48. The Bertz CT molecular complexity index is 338. The van der Waals surface area contributed by atoms with Crippen LogP contribution in [-0.2, 0) is 11.3 Å². The predicted octanol–water partition coefficient (Wildman–Crippen LogP) is 4.16. The van der Waals surface area contributed by atoms with Gasteiger partial charge < -0.3 is 14.8 Å². The maximum absolute atomic E-state index is 5.67. The number of ether oxygens (including phenoxy) is 2. The van der Waals surface area contributed by atoms with Gasteiger partial charge in [0.2, 0.25) is 0 Å². The molecule has 1 aromatic rings. The highest BCUT2D eigenvalue weighted by atomic mass is 16.5. The quantitative estimate of drug-likeness (QED) is 0.554. The van der Waals surface area contributed by atoms with E-state index in [2.05, 4.69) is 31.3 Å². The maximum atomic E-state index is 5.67. The van der Waals surface area contributed by atoms with Crippen LogP contribution in [0.2, 0.25) is 0 Å². The molecule has 0 heterocycles. The molecular formula is C18H31NO2. The number of hydrogen-bond donors (Lipinski definition) is 1. The molecule has 0 saturated heterocycles. The van der Waals surface area contributed by atoms with E-state index >= 15 is 0 Å². The van der Waals surface area contributed by atoms with Crippen LogP contribution in [0.15, 0.2) is 24.3 Å². The third-order valence-electron chi connectivity index (χ3n) is 3.32. The van der Waals surface area contributed by atoms with E-state index in [1.807, 2.05) is 12.1 Å². The largest absolute Gasteiger partial charge is 0.491 e. The lowest BCUT2D eigenvalue weighted by Crippen LogP contribution is -2.13. The second-order valence-electron chi connectivity index (χ2n) is 5.34. The summed E-state index contributed by atoms with van der Waals surface area (Å²) in [6.07, 6.45) is 6.17. The van der Waals surface area contributed by atoms with E-state index in [-0.39, 0.29) is 0 Å². The molecule has 0 aliphatic heterocycles. The highest BCUT2D eigenvalue weighted by Gasteiger charge is 1.96. The molecule has 0 radical (unpaired) electrons. The van der Waals surface area contributed by atoms with Crippen LogP contribution in [0.4, 0.5) is 0 Å². The predicted molar refractivity (Wildman–Crippen MR) is 88.9 cm³/mol. The van der Waals surface area contributed by atoms with Crippen molar-refractivity contribution in [3.8, 4) is 5.75 Å². The zero-order valence-electron chi connectivity index (χ0n) is 13.7. The summed E-state index contributed by atoms with van der Waals surface area (Å²) < 4.78 is 11.2. The molecule has 0 saturated carbocycles. The summed E-state index contributed by atoms with van der Waals surface area (Å²) in [5.41, 5.74) is 1.29. The molecule has 0 aromatic heterocycles. The lowest BCUT2D eigenvalue weighted by atomic mass is 10.2. The lowest BCUT2D eigenvalue weighted by Gasteiger charge is -2.08. The van der Waals surface area contributed by atoms with Crippen molar-refractivity contribution < 1.29 is 9.47 Å². The minimum atomic E-state index is 0.626. The summed E-state index contributed by atoms with van der Waals surface area (Å²) in [6, 6.07) is 8.29. The van der Waals surface area contributed by atoms with Gasteiger partial charge in [0.25, 0.3) is 0 Å². The second kappa shape index (κ2) is 12.7. The Morgan fingerprint density at radius 3 is 2.38 bits per heavy atom. The Balaban J connectivity index is 2.04. The fraction of sp³-hybridized carbons (Fsp3) is 0.667. The van der Waals surface area contributed by atoms with Crippen LogP contribution >= 0.6 is 0 Å². The van der Waals surface area contributed by atoms with Gasteiger partial charge in [0.05, 0.1) is 6.61 Å². The average molecular weight is 293 g/mol. The van der Waals surface area contributed by atoms with Crippen LogP contribution < -0.4 is 10.1 Å². The number of nitrogens with one attached hydrogen (secondary N) is 1. The van der Waals surface area contributed by atoms with Crippen LogP contribution in [0.3, 0.4) is 0 Å². The Kier molecular flexibility index (Phi) is 10.8. The molecule has 1 aromatic carbocycles. The van der Waals surface area contributed by atoms with Gasteiger partial charge in [-0.05, 0) is 37.1 Å². The van der Waals surface area contributed by atoms with Gasteiger partial charge in [-0.25, -0.2) is 0 Å². The molecule has 1 N–H and O–H groups in total. The molecule has 0 atom stereocenters. The molecule has 0 spiro atoms.